The third-order valence-corrected chi connectivity index (χ3v) is 14.2. The van der Waals surface area contributed by atoms with Gasteiger partial charge in [0.05, 0.1) is 0 Å². The molecule has 0 aliphatic carbocycles. The Morgan fingerprint density at radius 1 is 0.476 bits per heavy atom. The van der Waals surface area contributed by atoms with Gasteiger partial charge < -0.3 is 0 Å². The van der Waals surface area contributed by atoms with Gasteiger partial charge in [0.2, 0.25) is 0 Å². The van der Waals surface area contributed by atoms with E-state index in [2.05, 4.69) is 9.50 Å². The van der Waals surface area contributed by atoms with E-state index in [0.29, 0.717) is 0 Å². The molecule has 21 heteroatoms. The standard InChI is InChI=1S/2Cs.13O.6Ti/q2*+1;;;;;;;;;;;;2*-1;;;;;;. The van der Waals surface area contributed by atoms with Crippen LogP contribution in [-0.4, -0.2) is 0 Å². The van der Waals surface area contributed by atoms with Crippen LogP contribution in [0.3, 0.4) is 0 Å². The Hall–Kier alpha value is 6.91. The molecule has 13 nitrogen and oxygen atoms in total. The summed E-state index contributed by atoms with van der Waals surface area (Å²) in [6.45, 7) is 0. The molecule has 0 rings (SSSR count). The Morgan fingerprint density at radius 2 is 0.667 bits per heavy atom. The molecule has 0 radical (unpaired) electrons. The van der Waals surface area contributed by atoms with Crippen molar-refractivity contribution < 1.29 is 286 Å². The van der Waals surface area contributed by atoms with Crippen LogP contribution in [0.5, 0.6) is 0 Å². The van der Waals surface area contributed by atoms with Crippen LogP contribution in [0, 0.1) is 0 Å². The summed E-state index contributed by atoms with van der Waals surface area (Å²) in [6, 6.07) is 0. The first-order chi connectivity index (χ1) is 8.70. The topological polar surface area (TPSA) is 195 Å². The van der Waals surface area contributed by atoms with Crippen molar-refractivity contribution in [2.45, 2.75) is 0 Å². The van der Waals surface area contributed by atoms with Crippen molar-refractivity contribution in [3.8, 4) is 0 Å². The van der Waals surface area contributed by atoms with Crippen molar-refractivity contribution in [2.75, 3.05) is 0 Å². The van der Waals surface area contributed by atoms with Crippen LogP contribution in [0.2, 0.25) is 0 Å². The van der Waals surface area contributed by atoms with Crippen LogP contribution >= 0.6 is 0 Å². The van der Waals surface area contributed by atoms with Gasteiger partial charge in [-0.1, -0.05) is 0 Å². The molecule has 0 bridgehead atoms. The van der Waals surface area contributed by atoms with Gasteiger partial charge in [0, 0.05) is 0 Å². The van der Waals surface area contributed by atoms with Crippen molar-refractivity contribution >= 4 is 0 Å². The third-order valence-electron chi connectivity index (χ3n) is 0.833. The third kappa shape index (κ3) is 23.1. The fourth-order valence-corrected chi connectivity index (χ4v) is 11.6. The molecule has 0 aromatic carbocycles. The van der Waals surface area contributed by atoms with Gasteiger partial charge >= 0.3 is 286 Å². The molecule has 0 N–H and O–H groups in total. The summed E-state index contributed by atoms with van der Waals surface area (Å²) < 4.78 is 103. The van der Waals surface area contributed by atoms with E-state index in [4.69, 9.17) is 0 Å². The second-order valence-electron chi connectivity index (χ2n) is 2.01. The van der Waals surface area contributed by atoms with E-state index in [1.54, 1.807) is 0 Å². The van der Waals surface area contributed by atoms with E-state index in [1.807, 2.05) is 0 Å². The molecule has 0 saturated carbocycles. The van der Waals surface area contributed by atoms with Gasteiger partial charge in [0.15, 0.2) is 0 Å². The maximum absolute atomic E-state index is 11.0. The number of hydrogen-bond donors (Lipinski definition) is 0. The molecule has 21 heavy (non-hydrogen) atoms. The minimum atomic E-state index is -4.36. The summed E-state index contributed by atoms with van der Waals surface area (Å²) in [5, 5.41) is 0. The Balaban J connectivity index is -0.00000162. The second-order valence-corrected chi connectivity index (χ2v) is 14.9. The fraction of sp³-hybridized carbons (Fsp3) is 0. The molecular weight excluding hydrogens is 761 g/mol. The summed E-state index contributed by atoms with van der Waals surface area (Å²) in [4.78, 5) is 0. The van der Waals surface area contributed by atoms with Crippen LogP contribution in [0.1, 0.15) is 0 Å². The maximum atomic E-state index is 11.0. The molecule has 104 valence electrons. The number of hydrogen-bond acceptors (Lipinski definition) is 13. The predicted octanol–water partition coefficient (Wildman–Crippen LogP) is -9.44. The molecule has 0 heterocycles. The van der Waals surface area contributed by atoms with Crippen LogP contribution in [0.25, 0.3) is 0 Å². The summed E-state index contributed by atoms with van der Waals surface area (Å²) in [7, 11) is 0. The predicted molar refractivity (Wildman–Crippen MR) is 9.54 cm³/mol. The van der Waals surface area contributed by atoms with E-state index in [0.717, 1.165) is 0 Å². The van der Waals surface area contributed by atoms with E-state index in [9.17, 15) is 27.3 Å². The normalized spacial score (nSPS) is 8.86. The SMILES string of the molecule is [Cs+].[Cs+].[O]=[Ti]([O-])[O][Ti](=[O])[O][Ti](=[O])[O][Ti](=[O])[O][Ti](=[O])[O][Ti](=[O])[O-]. The van der Waals surface area contributed by atoms with E-state index in [-0.39, 0.29) is 138 Å². The summed E-state index contributed by atoms with van der Waals surface area (Å²) in [6.07, 6.45) is 0. The average Bonchev–Trinajstić information content (AvgIpc) is 2.12. The molecular formula is Cs2O13Ti6. The van der Waals surface area contributed by atoms with Crippen LogP contribution in [-0.2, 0) is 141 Å². The van der Waals surface area contributed by atoms with Gasteiger partial charge in [-0.3, -0.25) is 0 Å². The Bertz CT molecular complexity index is 402. The Labute approximate surface area is 276 Å². The minimum absolute atomic E-state index is 0. The van der Waals surface area contributed by atoms with Gasteiger partial charge in [0.1, 0.15) is 0 Å². The molecule has 0 aromatic heterocycles. The van der Waals surface area contributed by atoms with Gasteiger partial charge in [-0.2, -0.15) is 0 Å². The van der Waals surface area contributed by atoms with Crippen molar-refractivity contribution in [1.29, 1.82) is 0 Å². The van der Waals surface area contributed by atoms with Gasteiger partial charge in [-0.05, 0) is 0 Å². The molecule has 0 aliphatic rings. The zero-order chi connectivity index (χ0) is 15.0. The molecule has 0 aliphatic heterocycles. The number of rotatable bonds is 10. The summed E-state index contributed by atoms with van der Waals surface area (Å²) in [5.74, 6) is 0. The molecule has 0 fully saturated rings. The second kappa shape index (κ2) is 20.2. The van der Waals surface area contributed by atoms with E-state index < -0.39 is 112 Å². The monoisotopic (exact) mass is 761 g/mol. The first-order valence-electron chi connectivity index (χ1n) is 3.67. The Morgan fingerprint density at radius 3 is 0.857 bits per heavy atom. The van der Waals surface area contributed by atoms with Crippen molar-refractivity contribution in [3.63, 3.8) is 0 Å². The first kappa shape index (κ1) is 32.6. The zero-order valence-corrected chi connectivity index (χ0v) is 32.2. The summed E-state index contributed by atoms with van der Waals surface area (Å²) in [5.41, 5.74) is 0. The van der Waals surface area contributed by atoms with Crippen LogP contribution in [0.15, 0.2) is 0 Å². The molecule has 0 aromatic rings. The van der Waals surface area contributed by atoms with Gasteiger partial charge in [-0.15, -0.1) is 0 Å². The molecule has 0 spiro atoms. The van der Waals surface area contributed by atoms with E-state index in [1.165, 1.54) is 0 Å². The van der Waals surface area contributed by atoms with Gasteiger partial charge in [-0.25, -0.2) is 0 Å². The molecule has 0 saturated heterocycles. The fourth-order valence-electron chi connectivity index (χ4n) is 0.424. The molecule has 0 unspecified atom stereocenters. The molecule has 0 atom stereocenters. The zero-order valence-electron chi connectivity index (χ0n) is 10.3. The Kier molecular flexibility index (Phi) is 31.3. The molecule has 0 amide bonds. The average molecular weight is 761 g/mol. The van der Waals surface area contributed by atoms with Gasteiger partial charge in [0.25, 0.3) is 0 Å². The van der Waals surface area contributed by atoms with Crippen molar-refractivity contribution in [1.82, 2.24) is 0 Å². The van der Waals surface area contributed by atoms with Crippen molar-refractivity contribution in [2.24, 2.45) is 0 Å². The summed E-state index contributed by atoms with van der Waals surface area (Å²) >= 11 is -25.7. The van der Waals surface area contributed by atoms with E-state index >= 15 is 0 Å². The van der Waals surface area contributed by atoms with Crippen LogP contribution in [0.4, 0.5) is 0 Å². The van der Waals surface area contributed by atoms with Crippen molar-refractivity contribution in [3.05, 3.63) is 0 Å². The first-order valence-corrected chi connectivity index (χ1v) is 15.1. The quantitative estimate of drug-likeness (QED) is 0.191. The van der Waals surface area contributed by atoms with Crippen LogP contribution < -0.4 is 145 Å².